The Kier molecular flexibility index (Phi) is 20.4. The average molecular weight is 1020 g/mol. The van der Waals surface area contributed by atoms with Crippen molar-refractivity contribution in [2.24, 2.45) is 0 Å². The molecule has 0 radical (unpaired) electrons. The maximum atomic E-state index is 4.81. The first kappa shape index (κ1) is 37.9. The topological polar surface area (TPSA) is 0 Å². The number of hydrogen-bond acceptors (Lipinski definition) is 0. The van der Waals surface area contributed by atoms with Crippen LogP contribution in [0.2, 0.25) is 0 Å². The monoisotopic (exact) mass is 1020 g/mol. The Hall–Kier alpha value is -0.598. The van der Waals surface area contributed by atoms with Gasteiger partial charge in [0.15, 0.2) is 0 Å². The molecule has 44 heavy (non-hydrogen) atoms. The van der Waals surface area contributed by atoms with E-state index in [4.69, 9.17) is 19.1 Å². The normalized spacial score (nSPS) is 10.1. The van der Waals surface area contributed by atoms with Gasteiger partial charge < -0.3 is 0 Å². The van der Waals surface area contributed by atoms with Crippen molar-refractivity contribution in [3.05, 3.63) is 182 Å². The van der Waals surface area contributed by atoms with Crippen LogP contribution >= 0.6 is 75.6 Å². The molecule has 0 aliphatic heterocycles. The van der Waals surface area contributed by atoms with Crippen LogP contribution in [0, 0.1) is 0 Å². The average Bonchev–Trinajstić information content (AvgIpc) is 3.09. The van der Waals surface area contributed by atoms with Crippen LogP contribution < -0.4 is 31.8 Å². The van der Waals surface area contributed by atoms with E-state index < -0.39 is 15.8 Å². The van der Waals surface area contributed by atoms with Gasteiger partial charge in [-0.25, -0.2) is 0 Å². The Bertz CT molecular complexity index is 1230. The summed E-state index contributed by atoms with van der Waals surface area (Å²) in [5, 5.41) is 8.39. The smallest absolute Gasteiger partial charge is 0.0134 e. The van der Waals surface area contributed by atoms with Gasteiger partial charge in [-0.15, -0.1) is 0 Å². The fraction of sp³-hybridized carbons (Fsp3) is 0. The molecule has 0 atom stereocenters. The summed E-state index contributed by atoms with van der Waals surface area (Å²) in [5.41, 5.74) is 0. The minimum atomic E-state index is -0.446. The molecule has 0 aliphatic rings. The summed E-state index contributed by atoms with van der Waals surface area (Å²) >= 11 is 4.26. The van der Waals surface area contributed by atoms with E-state index in [-0.39, 0.29) is 15.9 Å². The second kappa shape index (κ2) is 23.7. The molecule has 0 aromatic heterocycles. The third kappa shape index (κ3) is 13.3. The van der Waals surface area contributed by atoms with E-state index in [1.54, 1.807) is 8.46 Å². The van der Waals surface area contributed by atoms with E-state index in [1.807, 2.05) is 0 Å². The zero-order valence-corrected chi connectivity index (χ0v) is 33.5. The van der Waals surface area contributed by atoms with E-state index in [2.05, 4.69) is 223 Å². The van der Waals surface area contributed by atoms with E-state index in [9.17, 15) is 0 Å². The Morgan fingerprint density at radius 3 is 0.568 bits per heavy atom. The number of halogens is 4. The van der Waals surface area contributed by atoms with Crippen molar-refractivity contribution < 1.29 is 24.4 Å². The molecule has 0 bridgehead atoms. The van der Waals surface area contributed by atoms with Crippen LogP contribution in [-0.2, 0) is 24.4 Å². The molecule has 233 valence electrons. The van der Waals surface area contributed by atoms with Crippen molar-refractivity contribution in [1.29, 1.82) is 0 Å². The van der Waals surface area contributed by atoms with Crippen LogP contribution in [-0.4, -0.2) is 0 Å². The van der Waals surface area contributed by atoms with Gasteiger partial charge in [0.05, 0.1) is 0 Å². The molecular weight excluding hydrogens is 989 g/mol. The first-order valence-corrected chi connectivity index (χ1v) is 26.0. The van der Waals surface area contributed by atoms with Gasteiger partial charge in [0.2, 0.25) is 0 Å². The van der Waals surface area contributed by atoms with Crippen molar-refractivity contribution in [3.8, 4) is 0 Å². The third-order valence-corrected chi connectivity index (χ3v) is 11.0. The molecule has 6 aromatic carbocycles. The second-order valence-electron chi connectivity index (χ2n) is 8.77. The molecular formula is C36H30Cl2CuI2P2Pd. The van der Waals surface area contributed by atoms with Crippen LogP contribution in [0.25, 0.3) is 0 Å². The predicted octanol–water partition coefficient (Wildman–Crippen LogP) is 10.0. The zero-order chi connectivity index (χ0) is 31.2. The van der Waals surface area contributed by atoms with E-state index >= 15 is 0 Å². The second-order valence-corrected chi connectivity index (χ2v) is 23.5. The summed E-state index contributed by atoms with van der Waals surface area (Å²) in [5.74, 6) is 0. The van der Waals surface area contributed by atoms with Crippen molar-refractivity contribution in [2.45, 2.75) is 0 Å². The summed E-state index contributed by atoms with van der Waals surface area (Å²) in [6.07, 6.45) is 0. The molecule has 6 aromatic rings. The molecule has 0 nitrogen and oxygen atoms in total. The molecule has 6 rings (SSSR count). The molecule has 0 spiro atoms. The summed E-state index contributed by atoms with van der Waals surface area (Å²) in [4.78, 5) is 0. The van der Waals surface area contributed by atoms with E-state index in [0.717, 1.165) is 0 Å². The summed E-state index contributed by atoms with van der Waals surface area (Å²) in [6, 6.07) is 64.7. The fourth-order valence-electron chi connectivity index (χ4n) is 4.36. The quantitative estimate of drug-likeness (QED) is 0.0887. The van der Waals surface area contributed by atoms with Crippen molar-refractivity contribution >= 4 is 107 Å². The van der Waals surface area contributed by atoms with E-state index in [0.29, 0.717) is 0 Å². The van der Waals surface area contributed by atoms with Crippen LogP contribution in [0.4, 0.5) is 0 Å². The van der Waals surface area contributed by atoms with Gasteiger partial charge >= 0.3 is 84.1 Å². The van der Waals surface area contributed by atoms with Gasteiger partial charge in [0.25, 0.3) is 0 Å². The minimum absolute atomic E-state index is 0.106. The predicted molar refractivity (Wildman–Crippen MR) is 210 cm³/mol. The Morgan fingerprint density at radius 2 is 0.455 bits per heavy atom. The standard InChI is InChI=1S/2C18H15P.2ClH.Cu.2HI.Pd/c2*1-4-10-16(11-5-1)19(17-12-6-2-7-13-17)18-14-8-3-9-15-18;;;;;;/h2*1-15H;2*1H;;2*1H;/q;;;;+2;;;+2/p-4. The van der Waals surface area contributed by atoms with Crippen LogP contribution in [0.1, 0.15) is 0 Å². The maximum Gasteiger partial charge on any atom is -0.0134 e. The molecule has 0 heterocycles. The molecule has 0 aliphatic carbocycles. The van der Waals surface area contributed by atoms with Gasteiger partial charge in [-0.1, -0.05) is 182 Å². The summed E-state index contributed by atoms with van der Waals surface area (Å²) in [7, 11) is 10.5. The van der Waals surface area contributed by atoms with E-state index in [1.165, 1.54) is 31.8 Å². The Balaban J connectivity index is 0.000000204. The molecule has 0 saturated carbocycles. The van der Waals surface area contributed by atoms with Crippen LogP contribution in [0.5, 0.6) is 0 Å². The molecule has 0 unspecified atom stereocenters. The van der Waals surface area contributed by atoms with Gasteiger partial charge in [-0.05, 0) is 47.7 Å². The zero-order valence-electron chi connectivity index (χ0n) is 23.3. The van der Waals surface area contributed by atoms with Crippen LogP contribution in [0.3, 0.4) is 0 Å². The first-order valence-electron chi connectivity index (χ1n) is 13.3. The van der Waals surface area contributed by atoms with Crippen molar-refractivity contribution in [1.82, 2.24) is 0 Å². The third-order valence-electron chi connectivity index (χ3n) is 6.09. The molecule has 0 fully saturated rings. The van der Waals surface area contributed by atoms with Crippen molar-refractivity contribution in [2.75, 3.05) is 0 Å². The number of hydrogen-bond donors (Lipinski definition) is 0. The Morgan fingerprint density at radius 1 is 0.341 bits per heavy atom. The summed E-state index contributed by atoms with van der Waals surface area (Å²) < 4.78 is 0. The SMILES string of the molecule is [Cl][Pd][Cl].[I][Cu][I].c1ccc(P(c2ccccc2)c2ccccc2)cc1.c1ccc(P(c2ccccc2)c2ccccc2)cc1. The molecule has 8 heteroatoms. The summed E-state index contributed by atoms with van der Waals surface area (Å²) in [6.45, 7) is 0. The van der Waals surface area contributed by atoms with Gasteiger partial charge in [0, 0.05) is 0 Å². The number of benzene rings is 6. The van der Waals surface area contributed by atoms with Gasteiger partial charge in [-0.2, -0.15) is 0 Å². The largest absolute Gasteiger partial charge is 0.0622 e. The number of rotatable bonds is 6. The Labute approximate surface area is 310 Å². The maximum absolute atomic E-state index is 4.81. The van der Waals surface area contributed by atoms with Gasteiger partial charge in [-0.3, -0.25) is 0 Å². The molecule has 0 saturated heterocycles. The van der Waals surface area contributed by atoms with Gasteiger partial charge in [0.1, 0.15) is 0 Å². The molecule has 0 amide bonds. The first-order chi connectivity index (χ1) is 21.7. The fourth-order valence-corrected chi connectivity index (χ4v) is 8.97. The molecule has 0 N–H and O–H groups in total. The van der Waals surface area contributed by atoms with Crippen molar-refractivity contribution in [3.63, 3.8) is 0 Å². The van der Waals surface area contributed by atoms with Crippen LogP contribution in [0.15, 0.2) is 182 Å². The minimum Gasteiger partial charge on any atom is -0.0622 e.